The van der Waals surface area contributed by atoms with Crippen molar-refractivity contribution >= 4 is 23.2 Å². The Hall–Kier alpha value is -2.21. The standard InChI is InChI=1S/C19H22N2O3S/c1-3-24-16(22)12-21(11-14-9-10-14)19(23)17-13(2)20-18(25-17)15-7-5-4-6-8-15/h4-8,14H,3,9-12H2,1-2H3. The molecule has 1 heterocycles. The third kappa shape index (κ3) is 4.45. The number of hydrogen-bond donors (Lipinski definition) is 0. The lowest BCUT2D eigenvalue weighted by Crippen LogP contribution is -2.38. The second-order valence-corrected chi connectivity index (χ2v) is 7.23. The summed E-state index contributed by atoms with van der Waals surface area (Å²) in [4.78, 5) is 31.6. The van der Waals surface area contributed by atoms with Crippen LogP contribution in [0.25, 0.3) is 10.6 Å². The van der Waals surface area contributed by atoms with Gasteiger partial charge in [-0.2, -0.15) is 0 Å². The minimum Gasteiger partial charge on any atom is -0.465 e. The Morgan fingerprint density at radius 3 is 2.64 bits per heavy atom. The van der Waals surface area contributed by atoms with Crippen LogP contribution < -0.4 is 0 Å². The number of carbonyl (C=O) groups excluding carboxylic acids is 2. The van der Waals surface area contributed by atoms with Gasteiger partial charge >= 0.3 is 5.97 Å². The van der Waals surface area contributed by atoms with Gasteiger partial charge in [0.25, 0.3) is 5.91 Å². The third-order valence-electron chi connectivity index (χ3n) is 4.10. The van der Waals surface area contributed by atoms with Gasteiger partial charge in [0, 0.05) is 12.1 Å². The molecule has 1 aliphatic rings. The lowest BCUT2D eigenvalue weighted by molar-refractivity contribution is -0.143. The number of aromatic nitrogens is 1. The Morgan fingerprint density at radius 2 is 2.00 bits per heavy atom. The van der Waals surface area contributed by atoms with Crippen LogP contribution in [-0.2, 0) is 9.53 Å². The van der Waals surface area contributed by atoms with Crippen molar-refractivity contribution in [2.75, 3.05) is 19.7 Å². The number of hydrogen-bond acceptors (Lipinski definition) is 5. The van der Waals surface area contributed by atoms with Gasteiger partial charge in [0.2, 0.25) is 0 Å². The van der Waals surface area contributed by atoms with Gasteiger partial charge in [0.15, 0.2) is 0 Å². The number of esters is 1. The SMILES string of the molecule is CCOC(=O)CN(CC1CC1)C(=O)c1sc(-c2ccccc2)nc1C. The summed E-state index contributed by atoms with van der Waals surface area (Å²) < 4.78 is 5.02. The van der Waals surface area contributed by atoms with Gasteiger partial charge in [-0.3, -0.25) is 9.59 Å². The molecular formula is C19H22N2O3S. The Morgan fingerprint density at radius 1 is 1.28 bits per heavy atom. The van der Waals surface area contributed by atoms with Gasteiger partial charge in [-0.1, -0.05) is 30.3 Å². The van der Waals surface area contributed by atoms with Gasteiger partial charge in [0.05, 0.1) is 12.3 Å². The van der Waals surface area contributed by atoms with Crippen molar-refractivity contribution in [1.29, 1.82) is 0 Å². The van der Waals surface area contributed by atoms with Crippen molar-refractivity contribution in [2.24, 2.45) is 5.92 Å². The number of benzene rings is 1. The van der Waals surface area contributed by atoms with E-state index in [2.05, 4.69) is 4.98 Å². The zero-order valence-corrected chi connectivity index (χ0v) is 15.3. The maximum absolute atomic E-state index is 13.0. The molecule has 1 aliphatic carbocycles. The average Bonchev–Trinajstić information content (AvgIpc) is 3.34. The van der Waals surface area contributed by atoms with Gasteiger partial charge in [-0.15, -0.1) is 11.3 Å². The lowest BCUT2D eigenvalue weighted by Gasteiger charge is -2.21. The average molecular weight is 358 g/mol. The highest BCUT2D eigenvalue weighted by atomic mass is 32.1. The van der Waals surface area contributed by atoms with Crippen LogP contribution in [0.2, 0.25) is 0 Å². The van der Waals surface area contributed by atoms with E-state index in [1.807, 2.05) is 37.3 Å². The minimum absolute atomic E-state index is 0.00117. The van der Waals surface area contributed by atoms with Crippen LogP contribution in [0.5, 0.6) is 0 Å². The third-order valence-corrected chi connectivity index (χ3v) is 5.29. The molecule has 1 saturated carbocycles. The largest absolute Gasteiger partial charge is 0.465 e. The normalized spacial score (nSPS) is 13.5. The molecule has 6 heteroatoms. The summed E-state index contributed by atoms with van der Waals surface area (Å²) in [7, 11) is 0. The summed E-state index contributed by atoms with van der Waals surface area (Å²) in [5.41, 5.74) is 1.70. The monoisotopic (exact) mass is 358 g/mol. The molecular weight excluding hydrogens is 336 g/mol. The zero-order valence-electron chi connectivity index (χ0n) is 14.5. The first-order chi connectivity index (χ1) is 12.1. The van der Waals surface area contributed by atoms with Crippen molar-refractivity contribution in [1.82, 2.24) is 9.88 Å². The Bertz CT molecular complexity index is 753. The molecule has 0 bridgehead atoms. The van der Waals surface area contributed by atoms with E-state index < -0.39 is 0 Å². The molecule has 1 aromatic heterocycles. The highest BCUT2D eigenvalue weighted by Gasteiger charge is 2.30. The number of carbonyl (C=O) groups is 2. The predicted molar refractivity (Wildman–Crippen MR) is 97.5 cm³/mol. The number of thiazole rings is 1. The van der Waals surface area contributed by atoms with Crippen LogP contribution in [0.1, 0.15) is 35.1 Å². The second-order valence-electron chi connectivity index (χ2n) is 6.23. The highest BCUT2D eigenvalue weighted by molar-refractivity contribution is 7.17. The molecule has 1 fully saturated rings. The van der Waals surface area contributed by atoms with E-state index in [4.69, 9.17) is 4.74 Å². The molecule has 0 aliphatic heterocycles. The molecule has 0 spiro atoms. The van der Waals surface area contributed by atoms with E-state index in [9.17, 15) is 9.59 Å². The first-order valence-electron chi connectivity index (χ1n) is 8.56. The van der Waals surface area contributed by atoms with E-state index in [0.717, 1.165) is 23.4 Å². The first-order valence-corrected chi connectivity index (χ1v) is 9.38. The fourth-order valence-corrected chi connectivity index (χ4v) is 3.68. The maximum Gasteiger partial charge on any atom is 0.325 e. The molecule has 0 radical (unpaired) electrons. The van der Waals surface area contributed by atoms with Gasteiger partial charge < -0.3 is 9.64 Å². The van der Waals surface area contributed by atoms with Crippen molar-refractivity contribution in [3.63, 3.8) is 0 Å². The van der Waals surface area contributed by atoms with E-state index >= 15 is 0 Å². The van der Waals surface area contributed by atoms with Crippen molar-refractivity contribution in [3.8, 4) is 10.6 Å². The van der Waals surface area contributed by atoms with Crippen LogP contribution in [0.3, 0.4) is 0 Å². The summed E-state index contributed by atoms with van der Waals surface area (Å²) in [6, 6.07) is 9.81. The second kappa shape index (κ2) is 7.78. The van der Waals surface area contributed by atoms with Crippen molar-refractivity contribution in [2.45, 2.75) is 26.7 Å². The van der Waals surface area contributed by atoms with Gasteiger partial charge in [-0.25, -0.2) is 4.98 Å². The topological polar surface area (TPSA) is 59.5 Å². The number of amides is 1. The fourth-order valence-electron chi connectivity index (χ4n) is 2.64. The Labute approximate surface area is 151 Å². The summed E-state index contributed by atoms with van der Waals surface area (Å²) in [5, 5.41) is 0.823. The summed E-state index contributed by atoms with van der Waals surface area (Å²) in [6.07, 6.45) is 2.23. The molecule has 132 valence electrons. The molecule has 2 aromatic rings. The zero-order chi connectivity index (χ0) is 17.8. The quantitative estimate of drug-likeness (QED) is 0.711. The molecule has 0 N–H and O–H groups in total. The smallest absolute Gasteiger partial charge is 0.325 e. The van der Waals surface area contributed by atoms with Crippen LogP contribution in [0.4, 0.5) is 0 Å². The fraction of sp³-hybridized carbons (Fsp3) is 0.421. The molecule has 3 rings (SSSR count). The molecule has 25 heavy (non-hydrogen) atoms. The highest BCUT2D eigenvalue weighted by Crippen LogP contribution is 2.32. The Kier molecular flexibility index (Phi) is 5.48. The lowest BCUT2D eigenvalue weighted by atomic mass is 10.2. The Balaban J connectivity index is 1.81. The predicted octanol–water partition coefficient (Wildman–Crippen LogP) is 3.53. The van der Waals surface area contributed by atoms with E-state index in [1.54, 1.807) is 11.8 Å². The van der Waals surface area contributed by atoms with Gasteiger partial charge in [-0.05, 0) is 32.6 Å². The molecule has 5 nitrogen and oxygen atoms in total. The van der Waals surface area contributed by atoms with Crippen LogP contribution in [0.15, 0.2) is 30.3 Å². The summed E-state index contributed by atoms with van der Waals surface area (Å²) in [6.45, 7) is 4.54. The minimum atomic E-state index is -0.359. The molecule has 1 amide bonds. The van der Waals surface area contributed by atoms with Crippen molar-refractivity contribution in [3.05, 3.63) is 40.9 Å². The molecule has 0 unspecified atom stereocenters. The van der Waals surface area contributed by atoms with Crippen LogP contribution in [0, 0.1) is 12.8 Å². The maximum atomic E-state index is 13.0. The number of nitrogens with zero attached hydrogens (tertiary/aromatic N) is 2. The molecule has 0 saturated heterocycles. The van der Waals surface area contributed by atoms with Crippen LogP contribution in [-0.4, -0.2) is 41.5 Å². The van der Waals surface area contributed by atoms with Crippen LogP contribution >= 0.6 is 11.3 Å². The van der Waals surface area contributed by atoms with Crippen molar-refractivity contribution < 1.29 is 14.3 Å². The molecule has 0 atom stereocenters. The van der Waals surface area contributed by atoms with E-state index in [-0.39, 0.29) is 18.4 Å². The van der Waals surface area contributed by atoms with E-state index in [0.29, 0.717) is 29.6 Å². The number of aryl methyl sites for hydroxylation is 1. The number of ether oxygens (including phenoxy) is 1. The first kappa shape index (κ1) is 17.6. The summed E-state index contributed by atoms with van der Waals surface area (Å²) in [5.74, 6) is 0.0132. The summed E-state index contributed by atoms with van der Waals surface area (Å²) >= 11 is 1.38. The number of rotatable bonds is 7. The molecule has 1 aromatic carbocycles. The van der Waals surface area contributed by atoms with E-state index in [1.165, 1.54) is 11.3 Å². The van der Waals surface area contributed by atoms with Gasteiger partial charge in [0.1, 0.15) is 16.4 Å².